The van der Waals surface area contributed by atoms with Crippen LogP contribution in [0.4, 0.5) is 0 Å². The van der Waals surface area contributed by atoms with Crippen LogP contribution in [0.2, 0.25) is 10.6 Å². The van der Waals surface area contributed by atoms with Crippen molar-refractivity contribution in [1.82, 2.24) is 0 Å². The molecule has 0 unspecified atom stereocenters. The molecule has 0 aromatic carbocycles. The van der Waals surface area contributed by atoms with Crippen molar-refractivity contribution in [2.24, 2.45) is 11.5 Å². The fourth-order valence-corrected chi connectivity index (χ4v) is 4.26. The molecule has 0 rings (SSSR count). The van der Waals surface area contributed by atoms with Crippen LogP contribution in [-0.4, -0.2) is 26.9 Å². The van der Waals surface area contributed by atoms with Gasteiger partial charge in [-0.1, -0.05) is 0 Å². The molecule has 0 atom stereocenters. The van der Waals surface area contributed by atoms with Gasteiger partial charge in [0.25, 0.3) is 0 Å². The zero-order valence-electron chi connectivity index (χ0n) is 10.5. The fourth-order valence-electron chi connectivity index (χ4n) is 1.62. The molecule has 98 valence electrons. The Kier molecular flexibility index (Phi) is 13.5. The van der Waals surface area contributed by atoms with Gasteiger partial charge in [-0.25, -0.2) is 0 Å². The molecule has 0 radical (unpaired) electrons. The van der Waals surface area contributed by atoms with E-state index in [0.717, 1.165) is 49.4 Å². The summed E-state index contributed by atoms with van der Waals surface area (Å²) >= 11 is -1.49. The van der Waals surface area contributed by atoms with Gasteiger partial charge in [-0.3, -0.25) is 0 Å². The molecule has 0 aliphatic heterocycles. The molecule has 0 aromatic heterocycles. The maximum absolute atomic E-state index is 11.7. The van der Waals surface area contributed by atoms with Crippen molar-refractivity contribution in [2.75, 3.05) is 13.1 Å². The van der Waals surface area contributed by atoms with Gasteiger partial charge in [0.1, 0.15) is 0 Å². The molecule has 3 nitrogen and oxygen atoms in total. The van der Waals surface area contributed by atoms with E-state index in [1.54, 1.807) is 0 Å². The predicted molar refractivity (Wildman–Crippen MR) is 71.1 cm³/mol. The third-order valence-corrected chi connectivity index (χ3v) is 5.77. The van der Waals surface area contributed by atoms with E-state index < -0.39 is 13.8 Å². The molecule has 0 heterocycles. The van der Waals surface area contributed by atoms with Crippen LogP contribution in [0.1, 0.15) is 51.4 Å². The van der Waals surface area contributed by atoms with E-state index >= 15 is 0 Å². The van der Waals surface area contributed by atoms with Gasteiger partial charge in [-0.05, 0) is 0 Å². The Labute approximate surface area is 104 Å². The summed E-state index contributed by atoms with van der Waals surface area (Å²) < 4.78 is 11.7. The van der Waals surface area contributed by atoms with Crippen LogP contribution in [-0.2, 0) is 3.83 Å². The van der Waals surface area contributed by atoms with Gasteiger partial charge in [0.05, 0.1) is 0 Å². The van der Waals surface area contributed by atoms with Gasteiger partial charge >= 0.3 is 104 Å². The Morgan fingerprint density at radius 1 is 0.625 bits per heavy atom. The first-order chi connectivity index (χ1) is 7.81. The van der Waals surface area contributed by atoms with Crippen LogP contribution >= 0.6 is 0 Å². The Bertz CT molecular complexity index is 149. The van der Waals surface area contributed by atoms with Crippen LogP contribution in [0.15, 0.2) is 0 Å². The van der Waals surface area contributed by atoms with Crippen LogP contribution in [0.5, 0.6) is 0 Å². The van der Waals surface area contributed by atoms with E-state index in [9.17, 15) is 3.83 Å². The van der Waals surface area contributed by atoms with Gasteiger partial charge in [-0.2, -0.15) is 0 Å². The first-order valence-corrected chi connectivity index (χ1v) is 9.68. The van der Waals surface area contributed by atoms with E-state index in [1.807, 2.05) is 0 Å². The summed E-state index contributed by atoms with van der Waals surface area (Å²) in [4.78, 5) is 0. The molecule has 0 amide bonds. The second kappa shape index (κ2) is 13.3. The van der Waals surface area contributed by atoms with Crippen molar-refractivity contribution in [2.45, 2.75) is 62.0 Å². The first kappa shape index (κ1) is 16.2. The van der Waals surface area contributed by atoms with E-state index in [4.69, 9.17) is 11.5 Å². The van der Waals surface area contributed by atoms with Gasteiger partial charge in [-0.15, -0.1) is 0 Å². The van der Waals surface area contributed by atoms with Crippen molar-refractivity contribution in [3.63, 3.8) is 0 Å². The van der Waals surface area contributed by atoms with Crippen LogP contribution in [0.25, 0.3) is 0 Å². The number of hydrogen-bond donors (Lipinski definition) is 2. The normalized spacial score (nSPS) is 11.2. The van der Waals surface area contributed by atoms with Crippen molar-refractivity contribution in [3.8, 4) is 0 Å². The van der Waals surface area contributed by atoms with Crippen molar-refractivity contribution in [1.29, 1.82) is 0 Å². The zero-order chi connectivity index (χ0) is 12.1. The third kappa shape index (κ3) is 12.3. The molecule has 16 heavy (non-hydrogen) atoms. The van der Waals surface area contributed by atoms with Crippen molar-refractivity contribution in [3.05, 3.63) is 0 Å². The molecule has 0 aromatic rings. The van der Waals surface area contributed by atoms with Gasteiger partial charge in [0.2, 0.25) is 0 Å². The monoisotopic (exact) mass is 296 g/mol. The quantitative estimate of drug-likeness (QED) is 0.429. The van der Waals surface area contributed by atoms with Crippen molar-refractivity contribution < 1.29 is 3.83 Å². The molecule has 0 fully saturated rings. The van der Waals surface area contributed by atoms with Gasteiger partial charge < -0.3 is 0 Å². The molecule has 0 aliphatic carbocycles. The van der Waals surface area contributed by atoms with E-state index in [2.05, 4.69) is 0 Å². The van der Waals surface area contributed by atoms with Gasteiger partial charge in [0.15, 0.2) is 0 Å². The fraction of sp³-hybridized carbons (Fsp3) is 1.00. The van der Waals surface area contributed by atoms with E-state index in [0.29, 0.717) is 0 Å². The molecule has 0 saturated heterocycles. The number of nitrogens with two attached hydrogens (primary N) is 2. The second-order valence-electron chi connectivity index (χ2n) is 4.25. The molecule has 0 aliphatic rings. The summed E-state index contributed by atoms with van der Waals surface area (Å²) in [6.07, 6.45) is 9.30. The van der Waals surface area contributed by atoms with Crippen LogP contribution < -0.4 is 11.5 Å². The van der Waals surface area contributed by atoms with Crippen molar-refractivity contribution >= 4 is 13.8 Å². The molecule has 4 heteroatoms. The van der Waals surface area contributed by atoms with Crippen LogP contribution in [0.3, 0.4) is 0 Å². The average molecular weight is 295 g/mol. The summed E-state index contributed by atoms with van der Waals surface area (Å²) in [5.41, 5.74) is 10.8. The number of hydrogen-bond acceptors (Lipinski definition) is 3. The Morgan fingerprint density at radius 2 is 1.00 bits per heavy atom. The predicted octanol–water partition coefficient (Wildman–Crippen LogP) is 2.45. The number of unbranched alkanes of at least 4 members (excludes halogenated alkanes) is 6. The number of rotatable bonds is 12. The molecule has 0 saturated carbocycles. The van der Waals surface area contributed by atoms with E-state index in [-0.39, 0.29) is 0 Å². The zero-order valence-corrected chi connectivity index (χ0v) is 12.2. The standard InChI is InChI=1S/C12H28N2OSe/c13-9-5-1-3-7-11-16(15)12-8-4-2-6-10-14/h1-14H2. The SMILES string of the molecule is NCCCCCC[Se](=O)CCCCCCN. The van der Waals surface area contributed by atoms with Crippen LogP contribution in [0, 0.1) is 0 Å². The minimum atomic E-state index is -1.49. The van der Waals surface area contributed by atoms with E-state index in [1.165, 1.54) is 25.7 Å². The molecule has 0 spiro atoms. The summed E-state index contributed by atoms with van der Waals surface area (Å²) in [5.74, 6) is 0. The topological polar surface area (TPSA) is 69.1 Å². The summed E-state index contributed by atoms with van der Waals surface area (Å²) in [7, 11) is 0. The molecule has 0 bridgehead atoms. The first-order valence-electron chi connectivity index (χ1n) is 6.56. The Morgan fingerprint density at radius 3 is 1.38 bits per heavy atom. The maximum atomic E-state index is 11.7. The Balaban J connectivity index is 3.12. The summed E-state index contributed by atoms with van der Waals surface area (Å²) in [6, 6.07) is 0. The summed E-state index contributed by atoms with van der Waals surface area (Å²) in [5, 5.41) is 1.95. The molecular weight excluding hydrogens is 267 g/mol. The minimum absolute atomic E-state index is 0.790. The molecule has 4 N–H and O–H groups in total. The summed E-state index contributed by atoms with van der Waals surface area (Å²) in [6.45, 7) is 1.58. The average Bonchev–Trinajstić information content (AvgIpc) is 2.28. The van der Waals surface area contributed by atoms with Gasteiger partial charge in [0, 0.05) is 0 Å². The second-order valence-corrected chi connectivity index (χ2v) is 7.81. The third-order valence-electron chi connectivity index (χ3n) is 2.65. The molecular formula is C12H28N2OSe. The Hall–Kier alpha value is 0.239.